The third-order valence-electron chi connectivity index (χ3n) is 1.95. The summed E-state index contributed by atoms with van der Waals surface area (Å²) in [6.07, 6.45) is 0.521. The molecule has 0 amide bonds. The standard InChI is InChI=1S/C10H10O3.C3H8O3/c1-13-9(10(11)12)7-8-5-3-2-4-6-8;4-1-3(6)2-5/h2-7H,1H3,(H,11,12);3-6H,1-2H2. The zero-order valence-electron chi connectivity index (χ0n) is 10.6. The molecule has 0 saturated heterocycles. The van der Waals surface area contributed by atoms with Gasteiger partial charge in [0.15, 0.2) is 0 Å². The molecule has 0 bridgehead atoms. The van der Waals surface area contributed by atoms with Gasteiger partial charge in [0.05, 0.1) is 20.3 Å². The summed E-state index contributed by atoms with van der Waals surface area (Å²) in [5.41, 5.74) is 0.807. The molecule has 1 aromatic carbocycles. The number of aliphatic hydroxyl groups is 3. The van der Waals surface area contributed by atoms with Gasteiger partial charge in [-0.2, -0.15) is 0 Å². The molecule has 0 radical (unpaired) electrons. The topological polar surface area (TPSA) is 107 Å². The third-order valence-corrected chi connectivity index (χ3v) is 1.95. The minimum Gasteiger partial charge on any atom is -0.490 e. The highest BCUT2D eigenvalue weighted by Gasteiger charge is 2.05. The van der Waals surface area contributed by atoms with Crippen molar-refractivity contribution in [2.75, 3.05) is 20.3 Å². The highest BCUT2D eigenvalue weighted by Crippen LogP contribution is 2.06. The molecule has 4 N–H and O–H groups in total. The van der Waals surface area contributed by atoms with Crippen LogP contribution < -0.4 is 0 Å². The highest BCUT2D eigenvalue weighted by molar-refractivity contribution is 5.89. The van der Waals surface area contributed by atoms with E-state index < -0.39 is 12.1 Å². The minimum absolute atomic E-state index is 0.0637. The van der Waals surface area contributed by atoms with Crippen LogP contribution in [0.3, 0.4) is 0 Å². The fraction of sp³-hybridized carbons (Fsp3) is 0.308. The van der Waals surface area contributed by atoms with E-state index in [-0.39, 0.29) is 19.0 Å². The van der Waals surface area contributed by atoms with Crippen molar-refractivity contribution in [3.05, 3.63) is 41.7 Å². The molecule has 0 aliphatic carbocycles. The summed E-state index contributed by atoms with van der Waals surface area (Å²) in [6.45, 7) is -0.729. The summed E-state index contributed by atoms with van der Waals surface area (Å²) in [7, 11) is 1.34. The summed E-state index contributed by atoms with van der Waals surface area (Å²) < 4.78 is 4.68. The maximum atomic E-state index is 10.5. The summed E-state index contributed by atoms with van der Waals surface area (Å²) in [5, 5.41) is 32.7. The predicted molar refractivity (Wildman–Crippen MR) is 69.2 cm³/mol. The molecule has 0 aliphatic heterocycles. The molecule has 0 fully saturated rings. The van der Waals surface area contributed by atoms with Gasteiger partial charge in [-0.25, -0.2) is 4.79 Å². The van der Waals surface area contributed by atoms with Crippen LogP contribution in [0.4, 0.5) is 0 Å². The van der Waals surface area contributed by atoms with E-state index in [9.17, 15) is 4.79 Å². The van der Waals surface area contributed by atoms with Gasteiger partial charge in [0.2, 0.25) is 5.76 Å². The normalized spacial score (nSPS) is 10.7. The molecule has 1 rings (SSSR count). The Morgan fingerprint density at radius 2 is 1.79 bits per heavy atom. The van der Waals surface area contributed by atoms with Crippen molar-refractivity contribution in [2.45, 2.75) is 6.10 Å². The Balaban J connectivity index is 0.000000459. The molecule has 6 heteroatoms. The number of ether oxygens (including phenoxy) is 1. The minimum atomic E-state index is -1.06. The molecule has 106 valence electrons. The molecule has 0 unspecified atom stereocenters. The summed E-state index contributed by atoms with van der Waals surface area (Å²) >= 11 is 0. The lowest BCUT2D eigenvalue weighted by molar-refractivity contribution is -0.135. The Kier molecular flexibility index (Phi) is 9.07. The van der Waals surface area contributed by atoms with Crippen LogP contribution in [-0.2, 0) is 9.53 Å². The van der Waals surface area contributed by atoms with Gasteiger partial charge >= 0.3 is 5.97 Å². The van der Waals surface area contributed by atoms with Crippen LogP contribution in [0.5, 0.6) is 0 Å². The molecule has 1 aromatic rings. The second-order valence-corrected chi connectivity index (χ2v) is 3.45. The van der Waals surface area contributed by atoms with Crippen molar-refractivity contribution in [3.63, 3.8) is 0 Å². The first-order valence-electron chi connectivity index (χ1n) is 5.49. The fourth-order valence-electron chi connectivity index (χ4n) is 0.966. The van der Waals surface area contributed by atoms with Crippen molar-refractivity contribution in [2.24, 2.45) is 0 Å². The molecule has 0 saturated carbocycles. The second-order valence-electron chi connectivity index (χ2n) is 3.45. The van der Waals surface area contributed by atoms with Crippen molar-refractivity contribution < 1.29 is 30.0 Å². The average Bonchev–Trinajstić information content (AvgIpc) is 2.45. The Morgan fingerprint density at radius 3 is 2.11 bits per heavy atom. The van der Waals surface area contributed by atoms with Crippen LogP contribution in [0.1, 0.15) is 5.56 Å². The molecule has 0 aromatic heterocycles. The number of carboxylic acid groups (broad SMARTS) is 1. The van der Waals surface area contributed by atoms with E-state index in [1.54, 1.807) is 0 Å². The smallest absolute Gasteiger partial charge is 0.371 e. The molecule has 19 heavy (non-hydrogen) atoms. The summed E-state index contributed by atoms with van der Waals surface area (Å²) in [4.78, 5) is 10.5. The molecule has 0 aliphatic rings. The van der Waals surface area contributed by atoms with Crippen LogP contribution >= 0.6 is 0 Å². The second kappa shape index (κ2) is 10.1. The SMILES string of the molecule is COC(=Cc1ccccc1)C(=O)O.OCC(O)CO. The van der Waals surface area contributed by atoms with E-state index in [1.807, 2.05) is 30.3 Å². The van der Waals surface area contributed by atoms with Gasteiger partial charge in [0, 0.05) is 0 Å². The number of hydrogen-bond donors (Lipinski definition) is 4. The zero-order valence-corrected chi connectivity index (χ0v) is 10.6. The summed E-state index contributed by atoms with van der Waals surface area (Å²) in [5.74, 6) is -1.13. The highest BCUT2D eigenvalue weighted by atomic mass is 16.5. The number of hydrogen-bond acceptors (Lipinski definition) is 5. The maximum absolute atomic E-state index is 10.5. The van der Waals surface area contributed by atoms with E-state index in [1.165, 1.54) is 13.2 Å². The van der Waals surface area contributed by atoms with Crippen molar-refractivity contribution >= 4 is 12.0 Å². The molecule has 0 atom stereocenters. The van der Waals surface area contributed by atoms with E-state index in [0.29, 0.717) is 0 Å². The molecule has 0 heterocycles. The first-order valence-corrected chi connectivity index (χ1v) is 5.49. The number of aliphatic carboxylic acids is 1. The van der Waals surface area contributed by atoms with Gasteiger partial charge in [0.1, 0.15) is 6.10 Å². The number of carboxylic acids is 1. The Bertz CT molecular complexity index is 383. The number of benzene rings is 1. The predicted octanol–water partition coefficient (Wildman–Crippen LogP) is 0.0904. The van der Waals surface area contributed by atoms with Gasteiger partial charge in [-0.1, -0.05) is 30.3 Å². The van der Waals surface area contributed by atoms with E-state index in [0.717, 1.165) is 5.56 Å². The number of rotatable bonds is 5. The van der Waals surface area contributed by atoms with Crippen LogP contribution in [0.2, 0.25) is 0 Å². The molecular weight excluding hydrogens is 252 g/mol. The Morgan fingerprint density at radius 1 is 1.26 bits per heavy atom. The van der Waals surface area contributed by atoms with Gasteiger partial charge < -0.3 is 25.2 Å². The summed E-state index contributed by atoms with van der Waals surface area (Å²) in [6, 6.07) is 9.15. The monoisotopic (exact) mass is 270 g/mol. The average molecular weight is 270 g/mol. The van der Waals surface area contributed by atoms with Gasteiger partial charge in [-0.3, -0.25) is 0 Å². The fourth-order valence-corrected chi connectivity index (χ4v) is 0.966. The lowest BCUT2D eigenvalue weighted by Gasteiger charge is -1.99. The third kappa shape index (κ3) is 7.93. The van der Waals surface area contributed by atoms with Gasteiger partial charge in [-0.05, 0) is 11.6 Å². The molecular formula is C13H18O6. The first kappa shape index (κ1) is 17.1. The number of aliphatic hydroxyl groups excluding tert-OH is 3. The van der Waals surface area contributed by atoms with Crippen molar-refractivity contribution in [3.8, 4) is 0 Å². The van der Waals surface area contributed by atoms with E-state index >= 15 is 0 Å². The van der Waals surface area contributed by atoms with E-state index in [2.05, 4.69) is 4.74 Å². The van der Waals surface area contributed by atoms with Crippen LogP contribution in [0.25, 0.3) is 6.08 Å². The molecule has 6 nitrogen and oxygen atoms in total. The van der Waals surface area contributed by atoms with Crippen LogP contribution in [0.15, 0.2) is 36.1 Å². The van der Waals surface area contributed by atoms with Crippen molar-refractivity contribution in [1.82, 2.24) is 0 Å². The van der Waals surface area contributed by atoms with Crippen LogP contribution in [0, 0.1) is 0 Å². The Hall–Kier alpha value is -1.89. The zero-order chi connectivity index (χ0) is 14.7. The molecule has 0 spiro atoms. The van der Waals surface area contributed by atoms with Gasteiger partial charge in [0.25, 0.3) is 0 Å². The quantitative estimate of drug-likeness (QED) is 0.446. The maximum Gasteiger partial charge on any atom is 0.371 e. The van der Waals surface area contributed by atoms with Crippen LogP contribution in [-0.4, -0.2) is 52.8 Å². The lowest BCUT2D eigenvalue weighted by Crippen LogP contribution is -2.15. The number of methoxy groups -OCH3 is 1. The number of carbonyl (C=O) groups is 1. The lowest BCUT2D eigenvalue weighted by atomic mass is 10.2. The van der Waals surface area contributed by atoms with Crippen molar-refractivity contribution in [1.29, 1.82) is 0 Å². The first-order chi connectivity index (χ1) is 9.04. The van der Waals surface area contributed by atoms with E-state index in [4.69, 9.17) is 20.4 Å². The Labute approximate surface area is 111 Å². The largest absolute Gasteiger partial charge is 0.490 e. The van der Waals surface area contributed by atoms with Gasteiger partial charge in [-0.15, -0.1) is 0 Å².